The number of nitrogens with zero attached hydrogens (tertiary/aromatic N) is 3. The summed E-state index contributed by atoms with van der Waals surface area (Å²) in [6.45, 7) is 2.15. The molecule has 3 rings (SSSR count). The van der Waals surface area contributed by atoms with Gasteiger partial charge in [-0.1, -0.05) is 0 Å². The highest BCUT2D eigenvalue weighted by Crippen LogP contribution is 2.28. The number of hydrogen-bond acceptors (Lipinski definition) is 4. The summed E-state index contributed by atoms with van der Waals surface area (Å²) in [5, 5.41) is 0.981. The van der Waals surface area contributed by atoms with E-state index in [1.54, 1.807) is 6.20 Å². The molecule has 1 saturated heterocycles. The van der Waals surface area contributed by atoms with Gasteiger partial charge in [-0.05, 0) is 37.1 Å². The number of carbonyl (C=O) groups is 1. The SMILES string of the molecule is CN(CC(=O)N1CCCC1)c1ccc(N)c2ncccc12. The summed E-state index contributed by atoms with van der Waals surface area (Å²) in [7, 11) is 1.94. The van der Waals surface area contributed by atoms with Crippen molar-refractivity contribution in [2.24, 2.45) is 0 Å². The lowest BCUT2D eigenvalue weighted by atomic mass is 10.1. The first-order chi connectivity index (χ1) is 10.2. The fraction of sp³-hybridized carbons (Fsp3) is 0.375. The van der Waals surface area contributed by atoms with Gasteiger partial charge >= 0.3 is 0 Å². The number of pyridine rings is 1. The molecule has 21 heavy (non-hydrogen) atoms. The Kier molecular flexibility index (Phi) is 3.64. The first kappa shape index (κ1) is 13.7. The molecule has 0 atom stereocenters. The van der Waals surface area contributed by atoms with Gasteiger partial charge in [0.15, 0.2) is 0 Å². The molecule has 2 aromatic rings. The lowest BCUT2D eigenvalue weighted by Crippen LogP contribution is -2.37. The minimum atomic E-state index is 0.184. The molecule has 2 heterocycles. The van der Waals surface area contributed by atoms with Crippen molar-refractivity contribution in [2.75, 3.05) is 37.3 Å². The monoisotopic (exact) mass is 284 g/mol. The lowest BCUT2D eigenvalue weighted by Gasteiger charge is -2.24. The number of likely N-dealkylation sites (tertiary alicyclic amines) is 1. The Labute approximate surface area is 124 Å². The number of hydrogen-bond donors (Lipinski definition) is 1. The average Bonchev–Trinajstić information content (AvgIpc) is 3.02. The summed E-state index contributed by atoms with van der Waals surface area (Å²) >= 11 is 0. The zero-order valence-corrected chi connectivity index (χ0v) is 12.2. The molecule has 0 saturated carbocycles. The molecule has 1 amide bonds. The van der Waals surface area contributed by atoms with Gasteiger partial charge in [-0.2, -0.15) is 0 Å². The van der Waals surface area contributed by atoms with Crippen molar-refractivity contribution in [2.45, 2.75) is 12.8 Å². The van der Waals surface area contributed by atoms with Gasteiger partial charge in [0.05, 0.1) is 17.7 Å². The summed E-state index contributed by atoms with van der Waals surface area (Å²) in [4.78, 5) is 20.5. The van der Waals surface area contributed by atoms with E-state index in [4.69, 9.17) is 5.73 Å². The van der Waals surface area contributed by atoms with Gasteiger partial charge in [-0.15, -0.1) is 0 Å². The predicted molar refractivity (Wildman–Crippen MR) is 85.2 cm³/mol. The topological polar surface area (TPSA) is 62.5 Å². The van der Waals surface area contributed by atoms with Crippen LogP contribution < -0.4 is 10.6 Å². The van der Waals surface area contributed by atoms with Gasteiger partial charge in [-0.3, -0.25) is 9.78 Å². The predicted octanol–water partition coefficient (Wildman–Crippen LogP) is 1.88. The van der Waals surface area contributed by atoms with Crippen LogP contribution in [0.25, 0.3) is 10.9 Å². The highest BCUT2D eigenvalue weighted by molar-refractivity contribution is 5.99. The number of amides is 1. The van der Waals surface area contributed by atoms with Crippen LogP contribution in [0, 0.1) is 0 Å². The maximum atomic E-state index is 12.3. The van der Waals surface area contributed by atoms with Crippen molar-refractivity contribution in [1.29, 1.82) is 0 Å². The Morgan fingerprint density at radius 3 is 2.86 bits per heavy atom. The van der Waals surface area contributed by atoms with Crippen molar-refractivity contribution in [1.82, 2.24) is 9.88 Å². The molecule has 1 aromatic carbocycles. The number of likely N-dealkylation sites (N-methyl/N-ethyl adjacent to an activating group) is 1. The first-order valence-electron chi connectivity index (χ1n) is 7.29. The van der Waals surface area contributed by atoms with Gasteiger partial charge < -0.3 is 15.5 Å². The molecule has 0 radical (unpaired) electrons. The Bertz CT molecular complexity index is 664. The number of fused-ring (bicyclic) bond motifs is 1. The van der Waals surface area contributed by atoms with E-state index in [1.165, 1.54) is 0 Å². The highest BCUT2D eigenvalue weighted by atomic mass is 16.2. The van der Waals surface area contributed by atoms with E-state index in [0.29, 0.717) is 12.2 Å². The zero-order valence-electron chi connectivity index (χ0n) is 12.2. The van der Waals surface area contributed by atoms with Crippen LogP contribution in [-0.2, 0) is 4.79 Å². The molecule has 1 aromatic heterocycles. The molecule has 1 fully saturated rings. The summed E-state index contributed by atoms with van der Waals surface area (Å²) in [5.74, 6) is 0.184. The highest BCUT2D eigenvalue weighted by Gasteiger charge is 2.20. The van der Waals surface area contributed by atoms with Crippen LogP contribution in [0.1, 0.15) is 12.8 Å². The van der Waals surface area contributed by atoms with E-state index in [-0.39, 0.29) is 5.91 Å². The second kappa shape index (κ2) is 5.60. The third-order valence-electron chi connectivity index (χ3n) is 4.02. The molecule has 0 bridgehead atoms. The minimum absolute atomic E-state index is 0.184. The lowest BCUT2D eigenvalue weighted by molar-refractivity contribution is -0.128. The summed E-state index contributed by atoms with van der Waals surface area (Å²) in [5.41, 5.74) is 8.40. The molecule has 110 valence electrons. The normalized spacial score (nSPS) is 14.6. The summed E-state index contributed by atoms with van der Waals surface area (Å²) in [6, 6.07) is 7.68. The van der Waals surface area contributed by atoms with Crippen LogP contribution in [0.3, 0.4) is 0 Å². The van der Waals surface area contributed by atoms with Crippen molar-refractivity contribution in [3.8, 4) is 0 Å². The molecular weight excluding hydrogens is 264 g/mol. The van der Waals surface area contributed by atoms with Crippen LogP contribution in [0.15, 0.2) is 30.5 Å². The third kappa shape index (κ3) is 2.63. The van der Waals surface area contributed by atoms with Crippen LogP contribution >= 0.6 is 0 Å². The number of benzene rings is 1. The van der Waals surface area contributed by atoms with Gasteiger partial charge in [-0.25, -0.2) is 0 Å². The van der Waals surface area contributed by atoms with Crippen LogP contribution in [0.5, 0.6) is 0 Å². The fourth-order valence-electron chi connectivity index (χ4n) is 2.87. The van der Waals surface area contributed by atoms with Crippen molar-refractivity contribution >= 4 is 28.2 Å². The second-order valence-electron chi connectivity index (χ2n) is 5.52. The molecular formula is C16H20N4O. The van der Waals surface area contributed by atoms with Gasteiger partial charge in [0, 0.05) is 37.4 Å². The number of nitrogen functional groups attached to an aromatic ring is 1. The van der Waals surface area contributed by atoms with Crippen LogP contribution in [0.2, 0.25) is 0 Å². The molecule has 5 heteroatoms. The molecule has 0 spiro atoms. The number of nitrogens with two attached hydrogens (primary N) is 1. The third-order valence-corrected chi connectivity index (χ3v) is 4.02. The minimum Gasteiger partial charge on any atom is -0.397 e. The average molecular weight is 284 g/mol. The largest absolute Gasteiger partial charge is 0.397 e. The zero-order chi connectivity index (χ0) is 14.8. The van der Waals surface area contributed by atoms with Gasteiger partial charge in [0.2, 0.25) is 5.91 Å². The van der Waals surface area contributed by atoms with Crippen LogP contribution in [0.4, 0.5) is 11.4 Å². The smallest absolute Gasteiger partial charge is 0.242 e. The van der Waals surface area contributed by atoms with Crippen molar-refractivity contribution in [3.05, 3.63) is 30.5 Å². The number of anilines is 2. The van der Waals surface area contributed by atoms with E-state index in [2.05, 4.69) is 4.98 Å². The molecule has 1 aliphatic rings. The fourth-order valence-corrected chi connectivity index (χ4v) is 2.87. The summed E-state index contributed by atoms with van der Waals surface area (Å²) < 4.78 is 0. The number of aromatic nitrogens is 1. The first-order valence-corrected chi connectivity index (χ1v) is 7.29. The van der Waals surface area contributed by atoms with E-state index in [9.17, 15) is 4.79 Å². The molecule has 5 nitrogen and oxygen atoms in total. The summed E-state index contributed by atoms with van der Waals surface area (Å²) in [6.07, 6.45) is 3.96. The van der Waals surface area contributed by atoms with E-state index in [1.807, 2.05) is 41.1 Å². The van der Waals surface area contributed by atoms with E-state index < -0.39 is 0 Å². The molecule has 1 aliphatic heterocycles. The number of rotatable bonds is 3. The maximum Gasteiger partial charge on any atom is 0.242 e. The Morgan fingerprint density at radius 1 is 1.33 bits per heavy atom. The second-order valence-corrected chi connectivity index (χ2v) is 5.52. The Balaban J connectivity index is 1.86. The standard InChI is InChI=1S/C16H20N4O/c1-19(11-15(21)20-9-2-3-10-20)14-7-6-13(17)16-12(14)5-4-8-18-16/h4-8H,2-3,9-11,17H2,1H3. The Morgan fingerprint density at radius 2 is 2.10 bits per heavy atom. The quantitative estimate of drug-likeness (QED) is 0.874. The molecule has 0 unspecified atom stereocenters. The Hall–Kier alpha value is -2.30. The number of carbonyl (C=O) groups excluding carboxylic acids is 1. The van der Waals surface area contributed by atoms with E-state index in [0.717, 1.165) is 42.5 Å². The van der Waals surface area contributed by atoms with Gasteiger partial charge in [0.25, 0.3) is 0 Å². The van der Waals surface area contributed by atoms with E-state index >= 15 is 0 Å². The van der Waals surface area contributed by atoms with Crippen LogP contribution in [-0.4, -0.2) is 42.5 Å². The van der Waals surface area contributed by atoms with Crippen molar-refractivity contribution < 1.29 is 4.79 Å². The van der Waals surface area contributed by atoms with Gasteiger partial charge in [0.1, 0.15) is 0 Å². The molecule has 0 aliphatic carbocycles. The molecule has 2 N–H and O–H groups in total. The maximum absolute atomic E-state index is 12.3. The van der Waals surface area contributed by atoms with Crippen molar-refractivity contribution in [3.63, 3.8) is 0 Å².